The molecule has 2 rings (SSSR count). The third-order valence-electron chi connectivity index (χ3n) is 3.79. The highest BCUT2D eigenvalue weighted by Crippen LogP contribution is 2.23. The van der Waals surface area contributed by atoms with E-state index < -0.39 is 0 Å². The number of nitrogens with two attached hydrogens (primary N) is 1. The zero-order valence-corrected chi connectivity index (χ0v) is 11.1. The molecule has 1 aromatic rings. The minimum absolute atomic E-state index is 0.140. The number of aliphatic hydroxyl groups excluding tert-OH is 1. The molecule has 1 aliphatic rings. The van der Waals surface area contributed by atoms with Crippen molar-refractivity contribution in [3.8, 4) is 0 Å². The molecule has 1 fully saturated rings. The highest BCUT2D eigenvalue weighted by molar-refractivity contribution is 5.94. The maximum absolute atomic E-state index is 11.3. The van der Waals surface area contributed by atoms with Gasteiger partial charge in [0.05, 0.1) is 6.10 Å². The molecular formula is C15H22N2O2. The summed E-state index contributed by atoms with van der Waals surface area (Å²) < 4.78 is 0. The Morgan fingerprint density at radius 1 is 1.37 bits per heavy atom. The Hall–Kier alpha value is -1.39. The Bertz CT molecular complexity index is 434. The molecule has 0 bridgehead atoms. The topological polar surface area (TPSA) is 75.4 Å². The molecule has 2 atom stereocenters. The minimum atomic E-state index is -0.384. The molecule has 19 heavy (non-hydrogen) atoms. The molecule has 0 aromatic heterocycles. The second-order valence-corrected chi connectivity index (χ2v) is 5.34. The summed E-state index contributed by atoms with van der Waals surface area (Å²) in [6.45, 7) is 1.52. The van der Waals surface area contributed by atoms with Gasteiger partial charge in [-0.15, -0.1) is 0 Å². The summed E-state index contributed by atoms with van der Waals surface area (Å²) in [5.74, 6) is 0.148. The standard InChI is InChI=1S/C15H22N2O2/c16-15(19)14-7-2-1-5-12(14)10-17-9-11-4-3-6-13(18)8-11/h1-2,5,7,11,13,17-18H,3-4,6,8-10H2,(H2,16,19). The van der Waals surface area contributed by atoms with Crippen molar-refractivity contribution in [1.82, 2.24) is 5.32 Å². The Kier molecular flexibility index (Phi) is 4.93. The van der Waals surface area contributed by atoms with E-state index >= 15 is 0 Å². The van der Waals surface area contributed by atoms with E-state index in [2.05, 4.69) is 5.32 Å². The van der Waals surface area contributed by atoms with E-state index in [4.69, 9.17) is 5.73 Å². The number of rotatable bonds is 5. The lowest BCUT2D eigenvalue weighted by Gasteiger charge is -2.26. The molecule has 1 amide bonds. The van der Waals surface area contributed by atoms with Crippen molar-refractivity contribution in [2.45, 2.75) is 38.3 Å². The molecule has 0 heterocycles. The van der Waals surface area contributed by atoms with Crippen LogP contribution in [0.15, 0.2) is 24.3 Å². The average Bonchev–Trinajstić information content (AvgIpc) is 2.39. The molecule has 4 N–H and O–H groups in total. The largest absolute Gasteiger partial charge is 0.393 e. The summed E-state index contributed by atoms with van der Waals surface area (Å²) in [6, 6.07) is 7.40. The van der Waals surface area contributed by atoms with Gasteiger partial charge in [0.15, 0.2) is 0 Å². The van der Waals surface area contributed by atoms with Gasteiger partial charge < -0.3 is 16.2 Å². The van der Waals surface area contributed by atoms with E-state index in [9.17, 15) is 9.90 Å². The summed E-state index contributed by atoms with van der Waals surface area (Å²) in [5, 5.41) is 13.0. The van der Waals surface area contributed by atoms with Crippen molar-refractivity contribution in [3.05, 3.63) is 35.4 Å². The number of hydrogen-bond acceptors (Lipinski definition) is 3. The first-order chi connectivity index (χ1) is 9.16. The molecule has 104 valence electrons. The van der Waals surface area contributed by atoms with E-state index in [0.29, 0.717) is 18.0 Å². The van der Waals surface area contributed by atoms with Gasteiger partial charge in [0, 0.05) is 12.1 Å². The number of benzene rings is 1. The summed E-state index contributed by atoms with van der Waals surface area (Å²) in [5.41, 5.74) is 6.87. The van der Waals surface area contributed by atoms with E-state index in [0.717, 1.165) is 31.4 Å². The quantitative estimate of drug-likeness (QED) is 0.751. The van der Waals surface area contributed by atoms with Crippen LogP contribution in [0.4, 0.5) is 0 Å². The minimum Gasteiger partial charge on any atom is -0.393 e. The van der Waals surface area contributed by atoms with Crippen LogP contribution in [-0.2, 0) is 6.54 Å². The van der Waals surface area contributed by atoms with Gasteiger partial charge in [-0.05, 0) is 43.4 Å². The van der Waals surface area contributed by atoms with Crippen molar-refractivity contribution < 1.29 is 9.90 Å². The molecule has 2 unspecified atom stereocenters. The first-order valence-electron chi connectivity index (χ1n) is 6.93. The Balaban J connectivity index is 1.84. The van der Waals surface area contributed by atoms with E-state index in [-0.39, 0.29) is 12.0 Å². The van der Waals surface area contributed by atoms with Gasteiger partial charge in [0.2, 0.25) is 5.91 Å². The van der Waals surface area contributed by atoms with Crippen molar-refractivity contribution in [2.24, 2.45) is 11.7 Å². The molecule has 0 aliphatic heterocycles. The molecule has 0 saturated heterocycles. The van der Waals surface area contributed by atoms with Crippen molar-refractivity contribution in [3.63, 3.8) is 0 Å². The van der Waals surface area contributed by atoms with Gasteiger partial charge in [0.25, 0.3) is 0 Å². The van der Waals surface area contributed by atoms with Crippen LogP contribution in [0.5, 0.6) is 0 Å². The lowest BCUT2D eigenvalue weighted by molar-refractivity contribution is 0.0999. The third-order valence-corrected chi connectivity index (χ3v) is 3.79. The van der Waals surface area contributed by atoms with E-state index in [1.54, 1.807) is 6.07 Å². The van der Waals surface area contributed by atoms with E-state index in [1.807, 2.05) is 18.2 Å². The number of primary amides is 1. The first-order valence-corrected chi connectivity index (χ1v) is 6.93. The second kappa shape index (κ2) is 6.68. The van der Waals surface area contributed by atoms with Crippen LogP contribution in [0, 0.1) is 5.92 Å². The summed E-state index contributed by atoms with van der Waals surface area (Å²) in [6.07, 6.45) is 3.94. The molecule has 4 heteroatoms. The molecule has 4 nitrogen and oxygen atoms in total. The lowest BCUT2D eigenvalue weighted by Crippen LogP contribution is -2.29. The highest BCUT2D eigenvalue weighted by Gasteiger charge is 2.19. The molecule has 1 saturated carbocycles. The third kappa shape index (κ3) is 4.04. The fourth-order valence-electron chi connectivity index (χ4n) is 2.77. The molecule has 1 aliphatic carbocycles. The van der Waals surface area contributed by atoms with Gasteiger partial charge in [-0.2, -0.15) is 0 Å². The van der Waals surface area contributed by atoms with Gasteiger partial charge in [0.1, 0.15) is 0 Å². The number of aliphatic hydroxyl groups is 1. The smallest absolute Gasteiger partial charge is 0.249 e. The first kappa shape index (κ1) is 14.0. The fraction of sp³-hybridized carbons (Fsp3) is 0.533. The van der Waals surface area contributed by atoms with Gasteiger partial charge in [-0.25, -0.2) is 0 Å². The highest BCUT2D eigenvalue weighted by atomic mass is 16.3. The summed E-state index contributed by atoms with van der Waals surface area (Å²) in [4.78, 5) is 11.3. The monoisotopic (exact) mass is 262 g/mol. The predicted octanol–water partition coefficient (Wildman–Crippen LogP) is 1.43. The van der Waals surface area contributed by atoms with Crippen LogP contribution >= 0.6 is 0 Å². The normalized spacial score (nSPS) is 23.2. The van der Waals surface area contributed by atoms with Crippen LogP contribution in [0.25, 0.3) is 0 Å². The number of carbonyl (C=O) groups excluding carboxylic acids is 1. The molecule has 0 spiro atoms. The van der Waals surface area contributed by atoms with Gasteiger partial charge >= 0.3 is 0 Å². The fourth-order valence-corrected chi connectivity index (χ4v) is 2.77. The zero-order valence-electron chi connectivity index (χ0n) is 11.1. The van der Waals surface area contributed by atoms with Crippen LogP contribution in [-0.4, -0.2) is 23.7 Å². The van der Waals surface area contributed by atoms with Gasteiger partial charge in [-0.3, -0.25) is 4.79 Å². The maximum atomic E-state index is 11.3. The van der Waals surface area contributed by atoms with Crippen molar-refractivity contribution in [2.75, 3.05) is 6.54 Å². The Morgan fingerprint density at radius 2 is 2.16 bits per heavy atom. The van der Waals surface area contributed by atoms with Crippen molar-refractivity contribution in [1.29, 1.82) is 0 Å². The van der Waals surface area contributed by atoms with E-state index in [1.165, 1.54) is 6.42 Å². The summed E-state index contributed by atoms with van der Waals surface area (Å²) in [7, 11) is 0. The molecular weight excluding hydrogens is 240 g/mol. The predicted molar refractivity (Wildman–Crippen MR) is 74.6 cm³/mol. The number of nitrogens with one attached hydrogen (secondary N) is 1. The van der Waals surface area contributed by atoms with Gasteiger partial charge in [-0.1, -0.05) is 24.6 Å². The molecule has 1 aromatic carbocycles. The van der Waals surface area contributed by atoms with Crippen LogP contribution in [0.3, 0.4) is 0 Å². The van der Waals surface area contributed by atoms with Crippen LogP contribution in [0.2, 0.25) is 0 Å². The van der Waals surface area contributed by atoms with Crippen LogP contribution in [0.1, 0.15) is 41.6 Å². The van der Waals surface area contributed by atoms with Crippen LogP contribution < -0.4 is 11.1 Å². The SMILES string of the molecule is NC(=O)c1ccccc1CNCC1CCCC(O)C1. The maximum Gasteiger partial charge on any atom is 0.249 e. The second-order valence-electron chi connectivity index (χ2n) is 5.34. The Labute approximate surface area is 114 Å². The Morgan fingerprint density at radius 3 is 2.89 bits per heavy atom. The average molecular weight is 262 g/mol. The summed E-state index contributed by atoms with van der Waals surface area (Å²) >= 11 is 0. The lowest BCUT2D eigenvalue weighted by atomic mass is 9.87. The number of carbonyl (C=O) groups is 1. The number of hydrogen-bond donors (Lipinski definition) is 3. The number of amides is 1. The van der Waals surface area contributed by atoms with Crippen molar-refractivity contribution >= 4 is 5.91 Å². The molecule has 0 radical (unpaired) electrons. The zero-order chi connectivity index (χ0) is 13.7.